The third-order valence-electron chi connectivity index (χ3n) is 5.44. The summed E-state index contributed by atoms with van der Waals surface area (Å²) in [4.78, 5) is 50.1. The topological polar surface area (TPSA) is 139 Å². The van der Waals surface area contributed by atoms with Crippen molar-refractivity contribution in [2.24, 2.45) is 5.73 Å². The van der Waals surface area contributed by atoms with Crippen LogP contribution >= 0.6 is 0 Å². The maximum atomic E-state index is 12.9. The number of nitrogens with zero attached hydrogens (tertiary/aromatic N) is 3. The molecular formula is C21H24N6O4. The molecule has 2 atom stereocenters. The van der Waals surface area contributed by atoms with Crippen molar-refractivity contribution in [2.75, 3.05) is 6.54 Å². The Morgan fingerprint density at radius 1 is 1.23 bits per heavy atom. The van der Waals surface area contributed by atoms with E-state index >= 15 is 0 Å². The Morgan fingerprint density at radius 2 is 2.00 bits per heavy atom. The van der Waals surface area contributed by atoms with Crippen LogP contribution in [0, 0.1) is 0 Å². The number of amides is 4. The van der Waals surface area contributed by atoms with Gasteiger partial charge in [0.1, 0.15) is 6.04 Å². The molecular weight excluding hydrogens is 400 g/mol. The van der Waals surface area contributed by atoms with Gasteiger partial charge < -0.3 is 11.1 Å². The average Bonchev–Trinajstić information content (AvgIpc) is 3.29. The number of hydrogen-bond donors (Lipinski definition) is 3. The number of aromatic nitrogens is 2. The van der Waals surface area contributed by atoms with Gasteiger partial charge in [0.05, 0.1) is 17.7 Å². The van der Waals surface area contributed by atoms with Crippen molar-refractivity contribution in [1.29, 1.82) is 0 Å². The van der Waals surface area contributed by atoms with Crippen LogP contribution in [0.3, 0.4) is 0 Å². The van der Waals surface area contributed by atoms with E-state index in [1.807, 2.05) is 19.2 Å². The predicted molar refractivity (Wildman–Crippen MR) is 110 cm³/mol. The lowest BCUT2D eigenvalue weighted by Gasteiger charge is -2.27. The largest absolute Gasteiger partial charge is 0.323 e. The molecule has 0 spiro atoms. The number of benzene rings is 1. The van der Waals surface area contributed by atoms with E-state index in [0.29, 0.717) is 19.6 Å². The molecule has 4 N–H and O–H groups in total. The van der Waals surface area contributed by atoms with Gasteiger partial charge in [-0.3, -0.25) is 34.1 Å². The molecule has 10 nitrogen and oxygen atoms in total. The van der Waals surface area contributed by atoms with E-state index in [2.05, 4.69) is 15.7 Å². The lowest BCUT2D eigenvalue weighted by atomic mass is 10.0. The zero-order valence-electron chi connectivity index (χ0n) is 17.1. The third kappa shape index (κ3) is 4.25. The zero-order chi connectivity index (χ0) is 22.2. The number of carbonyl (C=O) groups excluding carboxylic acids is 4. The van der Waals surface area contributed by atoms with Crippen LogP contribution in [-0.2, 0) is 22.7 Å². The van der Waals surface area contributed by atoms with E-state index in [4.69, 9.17) is 5.73 Å². The van der Waals surface area contributed by atoms with Gasteiger partial charge in [0.15, 0.2) is 0 Å². The number of fused-ring (bicyclic) bond motifs is 1. The SMILES string of the molecule is CC(N)(CNCc1ccc2c(c1)C(=O)N(C1CCC(=O)NC1=O)C2=O)Cn1cccn1. The first-order valence-corrected chi connectivity index (χ1v) is 10.1. The molecule has 0 saturated carbocycles. The summed E-state index contributed by atoms with van der Waals surface area (Å²) in [6, 6.07) is 5.91. The van der Waals surface area contributed by atoms with Gasteiger partial charge in [-0.15, -0.1) is 0 Å². The van der Waals surface area contributed by atoms with Gasteiger partial charge >= 0.3 is 0 Å². The monoisotopic (exact) mass is 424 g/mol. The molecule has 0 radical (unpaired) electrons. The molecule has 0 aliphatic carbocycles. The Balaban J connectivity index is 1.41. The van der Waals surface area contributed by atoms with Crippen LogP contribution in [0.2, 0.25) is 0 Å². The molecule has 0 bridgehead atoms. The molecule has 10 heteroatoms. The third-order valence-corrected chi connectivity index (χ3v) is 5.44. The normalized spacial score (nSPS) is 20.6. The second-order valence-electron chi connectivity index (χ2n) is 8.29. The molecule has 162 valence electrons. The van der Waals surface area contributed by atoms with E-state index in [-0.39, 0.29) is 24.0 Å². The lowest BCUT2D eigenvalue weighted by Crippen LogP contribution is -2.54. The molecule has 4 amide bonds. The fraction of sp³-hybridized carbons (Fsp3) is 0.381. The zero-order valence-corrected chi connectivity index (χ0v) is 17.1. The van der Waals surface area contributed by atoms with E-state index in [0.717, 1.165) is 10.5 Å². The summed E-state index contributed by atoms with van der Waals surface area (Å²) in [6.45, 7) is 3.44. The number of nitrogens with two attached hydrogens (primary N) is 1. The van der Waals surface area contributed by atoms with Crippen LogP contribution in [0.15, 0.2) is 36.7 Å². The number of rotatable bonds is 7. The maximum absolute atomic E-state index is 12.9. The van der Waals surface area contributed by atoms with Crippen LogP contribution in [0.4, 0.5) is 0 Å². The summed E-state index contributed by atoms with van der Waals surface area (Å²) in [6.07, 6.45) is 3.78. The van der Waals surface area contributed by atoms with Gasteiger partial charge in [0.2, 0.25) is 11.8 Å². The summed E-state index contributed by atoms with van der Waals surface area (Å²) >= 11 is 0. The second-order valence-corrected chi connectivity index (χ2v) is 8.29. The van der Waals surface area contributed by atoms with Crippen molar-refractivity contribution in [3.05, 3.63) is 53.3 Å². The minimum absolute atomic E-state index is 0.0926. The van der Waals surface area contributed by atoms with Gasteiger partial charge in [-0.05, 0) is 37.1 Å². The molecule has 2 unspecified atom stereocenters. The van der Waals surface area contributed by atoms with Crippen molar-refractivity contribution in [3.63, 3.8) is 0 Å². The fourth-order valence-electron chi connectivity index (χ4n) is 3.94. The smallest absolute Gasteiger partial charge is 0.262 e. The van der Waals surface area contributed by atoms with Gasteiger partial charge in [0.25, 0.3) is 11.8 Å². The van der Waals surface area contributed by atoms with Crippen LogP contribution < -0.4 is 16.4 Å². The highest BCUT2D eigenvalue weighted by atomic mass is 16.2. The van der Waals surface area contributed by atoms with Crippen LogP contribution in [0.1, 0.15) is 46.0 Å². The molecule has 2 aliphatic rings. The van der Waals surface area contributed by atoms with E-state index in [1.54, 1.807) is 29.1 Å². The highest BCUT2D eigenvalue weighted by Crippen LogP contribution is 2.28. The minimum Gasteiger partial charge on any atom is -0.323 e. The first-order chi connectivity index (χ1) is 14.7. The Bertz CT molecular complexity index is 1050. The van der Waals surface area contributed by atoms with Gasteiger partial charge in [-0.2, -0.15) is 5.10 Å². The predicted octanol–water partition coefficient (Wildman–Crippen LogP) is -0.208. The molecule has 1 aromatic carbocycles. The van der Waals surface area contributed by atoms with Crippen LogP contribution in [0.25, 0.3) is 0 Å². The summed E-state index contributed by atoms with van der Waals surface area (Å²) < 4.78 is 1.77. The van der Waals surface area contributed by atoms with Crippen molar-refractivity contribution in [3.8, 4) is 0 Å². The molecule has 2 aromatic rings. The van der Waals surface area contributed by atoms with Crippen molar-refractivity contribution < 1.29 is 19.2 Å². The summed E-state index contributed by atoms with van der Waals surface area (Å²) in [5.74, 6) is -2.04. The van der Waals surface area contributed by atoms with E-state index < -0.39 is 35.2 Å². The van der Waals surface area contributed by atoms with Crippen molar-refractivity contribution >= 4 is 23.6 Å². The number of nitrogens with one attached hydrogen (secondary N) is 2. The fourth-order valence-corrected chi connectivity index (χ4v) is 3.94. The Labute approximate surface area is 178 Å². The number of carbonyl (C=O) groups is 4. The van der Waals surface area contributed by atoms with Crippen LogP contribution in [0.5, 0.6) is 0 Å². The maximum Gasteiger partial charge on any atom is 0.262 e. The molecule has 1 fully saturated rings. The molecule has 1 saturated heterocycles. The molecule has 1 aromatic heterocycles. The van der Waals surface area contributed by atoms with Gasteiger partial charge in [0, 0.05) is 37.4 Å². The number of imide groups is 2. The van der Waals surface area contributed by atoms with Crippen molar-refractivity contribution in [1.82, 2.24) is 25.3 Å². The number of piperidine rings is 1. The Hall–Kier alpha value is -3.37. The van der Waals surface area contributed by atoms with E-state index in [1.165, 1.54) is 0 Å². The second kappa shape index (κ2) is 8.05. The average molecular weight is 424 g/mol. The Morgan fingerprint density at radius 3 is 2.71 bits per heavy atom. The van der Waals surface area contributed by atoms with Crippen LogP contribution in [-0.4, -0.2) is 56.4 Å². The first kappa shape index (κ1) is 20.9. The standard InChI is InChI=1S/C21H24N6O4/c1-21(22,12-26-8-2-7-24-26)11-23-10-13-3-4-14-15(9-13)20(31)27(19(14)30)16-5-6-17(28)25-18(16)29/h2-4,7-9,16,23H,5-6,10-12,22H2,1H3,(H,25,28,29). The highest BCUT2D eigenvalue weighted by Gasteiger charge is 2.44. The molecule has 31 heavy (non-hydrogen) atoms. The Kier molecular flexibility index (Phi) is 5.42. The molecule has 4 rings (SSSR count). The lowest BCUT2D eigenvalue weighted by molar-refractivity contribution is -0.136. The minimum atomic E-state index is -0.966. The highest BCUT2D eigenvalue weighted by molar-refractivity contribution is 6.23. The molecule has 2 aliphatic heterocycles. The summed E-state index contributed by atoms with van der Waals surface area (Å²) in [7, 11) is 0. The van der Waals surface area contributed by atoms with Gasteiger partial charge in [-0.25, -0.2) is 0 Å². The molecule has 3 heterocycles. The van der Waals surface area contributed by atoms with E-state index in [9.17, 15) is 19.2 Å². The van der Waals surface area contributed by atoms with Gasteiger partial charge in [-0.1, -0.05) is 6.07 Å². The quantitative estimate of drug-likeness (QED) is 0.523. The summed E-state index contributed by atoms with van der Waals surface area (Å²) in [5.41, 5.74) is 7.15. The number of hydrogen-bond acceptors (Lipinski definition) is 7. The first-order valence-electron chi connectivity index (χ1n) is 10.1. The van der Waals surface area contributed by atoms with Crippen molar-refractivity contribution in [2.45, 2.75) is 44.4 Å². The summed E-state index contributed by atoms with van der Waals surface area (Å²) in [5, 5.41) is 9.64.